The Bertz CT molecular complexity index is 407. The van der Waals surface area contributed by atoms with E-state index in [1.54, 1.807) is 0 Å². The number of nitrogens with zero attached hydrogens (tertiary/aromatic N) is 2. The van der Waals surface area contributed by atoms with Crippen molar-refractivity contribution < 1.29 is 4.74 Å². The average molecular weight is 314 g/mol. The lowest BCUT2D eigenvalue weighted by atomic mass is 10.2. The molecule has 0 fully saturated rings. The van der Waals surface area contributed by atoms with Gasteiger partial charge < -0.3 is 10.1 Å². The summed E-state index contributed by atoms with van der Waals surface area (Å²) in [6.45, 7) is 11.8. The molecule has 1 aromatic rings. The summed E-state index contributed by atoms with van der Waals surface area (Å²) in [5, 5.41) is 3.22. The molecule has 0 saturated carbocycles. The van der Waals surface area contributed by atoms with Crippen LogP contribution in [-0.2, 0) is 4.74 Å². The Kier molecular flexibility index (Phi) is 6.29. The summed E-state index contributed by atoms with van der Waals surface area (Å²) in [7, 11) is 0. The quantitative estimate of drug-likeness (QED) is 0.476. The van der Waals surface area contributed by atoms with Crippen LogP contribution in [0.25, 0.3) is 0 Å². The molecule has 0 aliphatic rings. The maximum Gasteiger partial charge on any atom is 0.134 e. The Morgan fingerprint density at radius 1 is 1.50 bits per heavy atom. The lowest BCUT2D eigenvalue weighted by Crippen LogP contribution is -2.12. The number of halogens is 1. The van der Waals surface area contributed by atoms with E-state index < -0.39 is 0 Å². The summed E-state index contributed by atoms with van der Waals surface area (Å²) in [4.78, 5) is 8.76. The van der Waals surface area contributed by atoms with Crippen molar-refractivity contribution in [3.05, 3.63) is 28.6 Å². The highest BCUT2D eigenvalue weighted by Gasteiger charge is 2.06. The molecule has 1 rings (SSSR count). The van der Waals surface area contributed by atoms with Gasteiger partial charge in [0.25, 0.3) is 0 Å². The van der Waals surface area contributed by atoms with Gasteiger partial charge in [-0.3, -0.25) is 0 Å². The first-order valence-electron chi connectivity index (χ1n) is 5.99. The Labute approximate surface area is 117 Å². The first-order valence-corrected chi connectivity index (χ1v) is 6.79. The minimum absolute atomic E-state index is 0.308. The fraction of sp³-hybridized carbons (Fsp3) is 0.538. The van der Waals surface area contributed by atoms with Crippen LogP contribution in [0.15, 0.2) is 22.8 Å². The van der Waals surface area contributed by atoms with Gasteiger partial charge in [0.05, 0.1) is 13.2 Å². The molecular formula is C13H20BrN3O. The molecule has 1 heterocycles. The van der Waals surface area contributed by atoms with Gasteiger partial charge in [-0.25, -0.2) is 9.97 Å². The van der Waals surface area contributed by atoms with Gasteiger partial charge in [0.15, 0.2) is 0 Å². The lowest BCUT2D eigenvalue weighted by molar-refractivity contribution is 0.167. The van der Waals surface area contributed by atoms with Gasteiger partial charge in [0, 0.05) is 18.5 Å². The second-order valence-corrected chi connectivity index (χ2v) is 5.34. The van der Waals surface area contributed by atoms with Crippen LogP contribution in [0.2, 0.25) is 0 Å². The number of anilines is 1. The van der Waals surface area contributed by atoms with E-state index in [-0.39, 0.29) is 0 Å². The van der Waals surface area contributed by atoms with Gasteiger partial charge in [0.1, 0.15) is 16.2 Å². The summed E-state index contributed by atoms with van der Waals surface area (Å²) < 4.78 is 6.21. The number of nitrogens with one attached hydrogen (secondary N) is 1. The zero-order valence-electron chi connectivity index (χ0n) is 11.2. The lowest BCUT2D eigenvalue weighted by Gasteiger charge is -2.10. The molecule has 0 atom stereocenters. The summed E-state index contributed by atoms with van der Waals surface area (Å²) in [6.07, 6.45) is 0. The van der Waals surface area contributed by atoms with E-state index in [9.17, 15) is 0 Å². The molecule has 0 aliphatic heterocycles. The van der Waals surface area contributed by atoms with E-state index in [0.29, 0.717) is 25.7 Å². The highest BCUT2D eigenvalue weighted by molar-refractivity contribution is 9.10. The van der Waals surface area contributed by atoms with E-state index >= 15 is 0 Å². The van der Waals surface area contributed by atoms with Crippen molar-refractivity contribution in [1.82, 2.24) is 9.97 Å². The van der Waals surface area contributed by atoms with E-state index in [1.165, 1.54) is 0 Å². The molecule has 0 aliphatic carbocycles. The van der Waals surface area contributed by atoms with Gasteiger partial charge in [-0.15, -0.1) is 0 Å². The standard InChI is InChI=1S/C13H20BrN3O/c1-9(2)8-18-6-5-15-12-7-11(14)16-13(17-12)10(3)4/h7,10H,1,5-6,8H2,2-4H3,(H,15,16,17). The SMILES string of the molecule is C=C(C)COCCNc1cc(Br)nc(C(C)C)n1. The third-order valence-corrected chi connectivity index (χ3v) is 2.54. The van der Waals surface area contributed by atoms with Gasteiger partial charge >= 0.3 is 0 Å². The molecule has 0 bridgehead atoms. The molecule has 18 heavy (non-hydrogen) atoms. The number of hydrogen-bond acceptors (Lipinski definition) is 4. The molecule has 0 aromatic carbocycles. The van der Waals surface area contributed by atoms with Crippen LogP contribution < -0.4 is 5.32 Å². The van der Waals surface area contributed by atoms with Crippen LogP contribution >= 0.6 is 15.9 Å². The van der Waals surface area contributed by atoms with Crippen LogP contribution in [0.4, 0.5) is 5.82 Å². The van der Waals surface area contributed by atoms with Crippen molar-refractivity contribution in [2.45, 2.75) is 26.7 Å². The predicted octanol–water partition coefficient (Wildman–Crippen LogP) is 3.37. The number of aromatic nitrogens is 2. The third-order valence-electron chi connectivity index (χ3n) is 2.13. The molecule has 0 spiro atoms. The van der Waals surface area contributed by atoms with Gasteiger partial charge in [-0.2, -0.15) is 0 Å². The molecular weight excluding hydrogens is 294 g/mol. The van der Waals surface area contributed by atoms with Gasteiger partial charge in [0.2, 0.25) is 0 Å². The maximum atomic E-state index is 5.41. The van der Waals surface area contributed by atoms with Crippen molar-refractivity contribution in [2.24, 2.45) is 0 Å². The van der Waals surface area contributed by atoms with Crippen molar-refractivity contribution >= 4 is 21.7 Å². The normalized spacial score (nSPS) is 10.7. The number of hydrogen-bond donors (Lipinski definition) is 1. The molecule has 1 aromatic heterocycles. The Morgan fingerprint density at radius 3 is 2.83 bits per heavy atom. The van der Waals surface area contributed by atoms with E-state index in [0.717, 1.165) is 21.8 Å². The summed E-state index contributed by atoms with van der Waals surface area (Å²) in [6, 6.07) is 1.87. The maximum absolute atomic E-state index is 5.41. The number of ether oxygens (including phenoxy) is 1. The highest BCUT2D eigenvalue weighted by atomic mass is 79.9. The van der Waals surface area contributed by atoms with Crippen LogP contribution in [0.5, 0.6) is 0 Å². The molecule has 0 unspecified atom stereocenters. The molecule has 0 saturated heterocycles. The Hall–Kier alpha value is -0.940. The van der Waals surface area contributed by atoms with Gasteiger partial charge in [-0.05, 0) is 22.9 Å². The van der Waals surface area contributed by atoms with E-state index in [1.807, 2.05) is 13.0 Å². The molecule has 4 nitrogen and oxygen atoms in total. The molecule has 100 valence electrons. The van der Waals surface area contributed by atoms with Crippen molar-refractivity contribution in [3.63, 3.8) is 0 Å². The van der Waals surface area contributed by atoms with E-state index in [4.69, 9.17) is 4.74 Å². The molecule has 0 radical (unpaired) electrons. The molecule has 5 heteroatoms. The Balaban J connectivity index is 2.44. The zero-order valence-corrected chi connectivity index (χ0v) is 12.7. The minimum atomic E-state index is 0.308. The summed E-state index contributed by atoms with van der Waals surface area (Å²) in [5.74, 6) is 1.96. The van der Waals surface area contributed by atoms with Crippen molar-refractivity contribution in [1.29, 1.82) is 0 Å². The molecule has 1 N–H and O–H groups in total. The second kappa shape index (κ2) is 7.48. The topological polar surface area (TPSA) is 47.0 Å². The first kappa shape index (κ1) is 15.1. The summed E-state index contributed by atoms with van der Waals surface area (Å²) in [5.41, 5.74) is 1.03. The van der Waals surface area contributed by atoms with Crippen LogP contribution in [-0.4, -0.2) is 29.7 Å². The zero-order chi connectivity index (χ0) is 13.5. The van der Waals surface area contributed by atoms with E-state index in [2.05, 4.69) is 51.6 Å². The van der Waals surface area contributed by atoms with Crippen molar-refractivity contribution in [3.8, 4) is 0 Å². The first-order chi connectivity index (χ1) is 8.49. The predicted molar refractivity (Wildman–Crippen MR) is 77.9 cm³/mol. The Morgan fingerprint density at radius 2 is 2.22 bits per heavy atom. The van der Waals surface area contributed by atoms with Crippen LogP contribution in [0, 0.1) is 0 Å². The minimum Gasteiger partial charge on any atom is -0.375 e. The van der Waals surface area contributed by atoms with Crippen LogP contribution in [0.3, 0.4) is 0 Å². The highest BCUT2D eigenvalue weighted by Crippen LogP contribution is 2.17. The smallest absolute Gasteiger partial charge is 0.134 e. The average Bonchev–Trinajstić information content (AvgIpc) is 2.27. The third kappa shape index (κ3) is 5.60. The van der Waals surface area contributed by atoms with Crippen LogP contribution in [0.1, 0.15) is 32.5 Å². The fourth-order valence-electron chi connectivity index (χ4n) is 1.28. The molecule has 0 amide bonds. The second-order valence-electron chi connectivity index (χ2n) is 4.53. The van der Waals surface area contributed by atoms with Crippen molar-refractivity contribution in [2.75, 3.05) is 25.1 Å². The largest absolute Gasteiger partial charge is 0.375 e. The van der Waals surface area contributed by atoms with Gasteiger partial charge in [-0.1, -0.05) is 26.0 Å². The fourth-order valence-corrected chi connectivity index (χ4v) is 1.68. The number of rotatable bonds is 7. The summed E-state index contributed by atoms with van der Waals surface area (Å²) >= 11 is 3.39. The monoisotopic (exact) mass is 313 g/mol.